The Labute approximate surface area is 102 Å². The summed E-state index contributed by atoms with van der Waals surface area (Å²) in [4.78, 5) is 6.31. The molecule has 1 fully saturated rings. The van der Waals surface area contributed by atoms with Gasteiger partial charge in [-0.2, -0.15) is 0 Å². The highest BCUT2D eigenvalue weighted by Gasteiger charge is 2.28. The number of aliphatic hydroxyl groups is 2. The molecule has 0 amide bonds. The normalized spacial score (nSPS) is 20.6. The third-order valence-corrected chi connectivity index (χ3v) is 3.36. The molecule has 0 radical (unpaired) electrons. The van der Waals surface area contributed by atoms with Gasteiger partial charge in [0.2, 0.25) is 0 Å². The Hall–Kier alpha value is -0.910. The molecule has 96 valence electrons. The van der Waals surface area contributed by atoms with Crippen LogP contribution < -0.4 is 0 Å². The Morgan fingerprint density at radius 1 is 1.12 bits per heavy atom. The molecule has 5 heteroatoms. The summed E-state index contributed by atoms with van der Waals surface area (Å²) in [6.07, 6.45) is 8.83. The fourth-order valence-electron chi connectivity index (χ4n) is 2.18. The highest BCUT2D eigenvalue weighted by Crippen LogP contribution is 2.18. The van der Waals surface area contributed by atoms with E-state index in [1.165, 1.54) is 0 Å². The van der Waals surface area contributed by atoms with Crippen molar-refractivity contribution in [3.63, 3.8) is 0 Å². The first-order valence-corrected chi connectivity index (χ1v) is 6.29. The highest BCUT2D eigenvalue weighted by molar-refractivity contribution is 4.77. The average molecular weight is 239 g/mol. The van der Waals surface area contributed by atoms with Crippen molar-refractivity contribution in [2.24, 2.45) is 0 Å². The first-order chi connectivity index (χ1) is 8.16. The average Bonchev–Trinajstić information content (AvgIpc) is 2.79. The zero-order valence-corrected chi connectivity index (χ0v) is 10.1. The van der Waals surface area contributed by atoms with Gasteiger partial charge < -0.3 is 19.7 Å². The molecule has 0 aliphatic carbocycles. The van der Waals surface area contributed by atoms with Crippen LogP contribution in [-0.2, 0) is 6.54 Å². The quantitative estimate of drug-likeness (QED) is 0.578. The molecule has 5 nitrogen and oxygen atoms in total. The number of unbranched alkanes of at least 4 members (excludes halogenated alkanes) is 1. The number of piperidine rings is 1. The summed E-state index contributed by atoms with van der Waals surface area (Å²) in [7, 11) is 0. The maximum atomic E-state index is 9.41. The summed E-state index contributed by atoms with van der Waals surface area (Å²) in [5.41, 5.74) is 0. The van der Waals surface area contributed by atoms with Crippen LogP contribution in [0, 0.1) is 0 Å². The topological polar surface area (TPSA) is 61.5 Å². The van der Waals surface area contributed by atoms with Gasteiger partial charge in [-0.1, -0.05) is 0 Å². The van der Waals surface area contributed by atoms with Gasteiger partial charge in [-0.15, -0.1) is 0 Å². The largest absolute Gasteiger partial charge is 0.366 e. The molecule has 1 aromatic rings. The Morgan fingerprint density at radius 3 is 2.47 bits per heavy atom. The number of aromatic nitrogens is 2. The lowest BCUT2D eigenvalue weighted by molar-refractivity contribution is -0.188. The summed E-state index contributed by atoms with van der Waals surface area (Å²) in [5.74, 6) is -1.42. The van der Waals surface area contributed by atoms with Crippen molar-refractivity contribution in [1.82, 2.24) is 14.5 Å². The van der Waals surface area contributed by atoms with Gasteiger partial charge in [0.25, 0.3) is 0 Å². The summed E-state index contributed by atoms with van der Waals surface area (Å²) in [6, 6.07) is 0. The van der Waals surface area contributed by atoms with E-state index >= 15 is 0 Å². The fourth-order valence-corrected chi connectivity index (χ4v) is 2.18. The van der Waals surface area contributed by atoms with Crippen LogP contribution in [0.1, 0.15) is 25.7 Å². The van der Waals surface area contributed by atoms with Crippen LogP contribution in [0.15, 0.2) is 18.7 Å². The van der Waals surface area contributed by atoms with Gasteiger partial charge in [-0.25, -0.2) is 4.98 Å². The Morgan fingerprint density at radius 2 is 1.82 bits per heavy atom. The number of imidazole rings is 1. The van der Waals surface area contributed by atoms with E-state index < -0.39 is 5.79 Å². The monoisotopic (exact) mass is 239 g/mol. The molecule has 0 unspecified atom stereocenters. The minimum Gasteiger partial charge on any atom is -0.366 e. The predicted octanol–water partition coefficient (Wildman–Crippen LogP) is 0.440. The number of likely N-dealkylation sites (tertiary alicyclic amines) is 1. The molecular weight excluding hydrogens is 218 g/mol. The van der Waals surface area contributed by atoms with E-state index in [4.69, 9.17) is 0 Å². The molecule has 1 aliphatic heterocycles. The molecule has 1 aromatic heterocycles. The standard InChI is InChI=1S/C12H21N3O2/c16-12(17)3-8-14(9-4-12)6-1-2-7-15-10-5-13-11-15/h5,10-11,16-17H,1-4,6-9H2. The van der Waals surface area contributed by atoms with E-state index in [0.29, 0.717) is 12.8 Å². The molecule has 0 saturated carbocycles. The van der Waals surface area contributed by atoms with Crippen LogP contribution in [0.5, 0.6) is 0 Å². The van der Waals surface area contributed by atoms with Gasteiger partial charge in [0.05, 0.1) is 6.33 Å². The SMILES string of the molecule is OC1(O)CCN(CCCCn2ccnc2)CC1. The molecule has 2 N–H and O–H groups in total. The van der Waals surface area contributed by atoms with Crippen LogP contribution >= 0.6 is 0 Å². The van der Waals surface area contributed by atoms with Crippen molar-refractivity contribution in [3.8, 4) is 0 Å². The van der Waals surface area contributed by atoms with Crippen LogP contribution in [0.2, 0.25) is 0 Å². The third-order valence-electron chi connectivity index (χ3n) is 3.36. The summed E-state index contributed by atoms with van der Waals surface area (Å²) in [5, 5.41) is 18.8. The van der Waals surface area contributed by atoms with Crippen molar-refractivity contribution < 1.29 is 10.2 Å². The maximum Gasteiger partial charge on any atom is 0.164 e. The number of hydrogen-bond donors (Lipinski definition) is 2. The molecule has 1 saturated heterocycles. The van der Waals surface area contributed by atoms with Crippen LogP contribution in [0.4, 0.5) is 0 Å². The van der Waals surface area contributed by atoms with E-state index in [-0.39, 0.29) is 0 Å². The molecule has 2 rings (SSSR count). The molecular formula is C12H21N3O2. The van der Waals surface area contributed by atoms with Gasteiger partial charge in [0.15, 0.2) is 5.79 Å². The molecule has 2 heterocycles. The number of aryl methyl sites for hydroxylation is 1. The summed E-state index contributed by atoms with van der Waals surface area (Å²) < 4.78 is 2.09. The lowest BCUT2D eigenvalue weighted by atomic mass is 10.0. The third kappa shape index (κ3) is 4.11. The minimum absolute atomic E-state index is 0.467. The molecule has 1 aliphatic rings. The Balaban J connectivity index is 1.57. The first-order valence-electron chi connectivity index (χ1n) is 6.29. The number of nitrogens with zero attached hydrogens (tertiary/aromatic N) is 3. The van der Waals surface area contributed by atoms with Crippen molar-refractivity contribution in [2.75, 3.05) is 19.6 Å². The molecule has 0 atom stereocenters. The molecule has 0 spiro atoms. The van der Waals surface area contributed by atoms with Crippen LogP contribution in [0.3, 0.4) is 0 Å². The van der Waals surface area contributed by atoms with Crippen molar-refractivity contribution in [1.29, 1.82) is 0 Å². The number of hydrogen-bond acceptors (Lipinski definition) is 4. The lowest BCUT2D eigenvalue weighted by Crippen LogP contribution is -2.44. The van der Waals surface area contributed by atoms with E-state index in [1.54, 1.807) is 6.20 Å². The van der Waals surface area contributed by atoms with Gasteiger partial charge in [-0.05, 0) is 19.4 Å². The zero-order chi connectivity index (χ0) is 12.1. The van der Waals surface area contributed by atoms with E-state index in [0.717, 1.165) is 39.0 Å². The van der Waals surface area contributed by atoms with Crippen LogP contribution in [0.25, 0.3) is 0 Å². The molecule has 0 bridgehead atoms. The second kappa shape index (κ2) is 5.62. The first kappa shape index (κ1) is 12.5. The van der Waals surface area contributed by atoms with Gasteiger partial charge >= 0.3 is 0 Å². The Bertz CT molecular complexity index is 315. The van der Waals surface area contributed by atoms with E-state index in [9.17, 15) is 10.2 Å². The Kier molecular flexibility index (Phi) is 4.15. The van der Waals surface area contributed by atoms with Gasteiger partial charge in [0, 0.05) is 44.9 Å². The van der Waals surface area contributed by atoms with Gasteiger partial charge in [-0.3, -0.25) is 0 Å². The second-order valence-electron chi connectivity index (χ2n) is 4.83. The number of rotatable bonds is 5. The van der Waals surface area contributed by atoms with E-state index in [2.05, 4.69) is 14.5 Å². The smallest absolute Gasteiger partial charge is 0.164 e. The van der Waals surface area contributed by atoms with Gasteiger partial charge in [0.1, 0.15) is 0 Å². The lowest BCUT2D eigenvalue weighted by Gasteiger charge is -2.34. The van der Waals surface area contributed by atoms with Crippen molar-refractivity contribution in [2.45, 2.75) is 38.0 Å². The zero-order valence-electron chi connectivity index (χ0n) is 10.1. The summed E-state index contributed by atoms with van der Waals surface area (Å²) in [6.45, 7) is 3.64. The highest BCUT2D eigenvalue weighted by atomic mass is 16.5. The van der Waals surface area contributed by atoms with E-state index in [1.807, 2.05) is 12.5 Å². The molecule has 17 heavy (non-hydrogen) atoms. The minimum atomic E-state index is -1.42. The van der Waals surface area contributed by atoms with Crippen LogP contribution in [-0.4, -0.2) is 50.1 Å². The van der Waals surface area contributed by atoms with Crippen molar-refractivity contribution >= 4 is 0 Å². The predicted molar refractivity (Wildman–Crippen MR) is 64.3 cm³/mol. The second-order valence-corrected chi connectivity index (χ2v) is 4.83. The maximum absolute atomic E-state index is 9.41. The molecule has 0 aromatic carbocycles. The fraction of sp³-hybridized carbons (Fsp3) is 0.750. The van der Waals surface area contributed by atoms with Crippen molar-refractivity contribution in [3.05, 3.63) is 18.7 Å². The summed E-state index contributed by atoms with van der Waals surface area (Å²) >= 11 is 0.